The Kier molecular flexibility index (Phi) is 6.77. The number of benzene rings is 2. The molecule has 1 N–H and O–H groups in total. The van der Waals surface area contributed by atoms with Crippen LogP contribution in [0.1, 0.15) is 49.7 Å². The van der Waals surface area contributed by atoms with Crippen LogP contribution in [0.2, 0.25) is 0 Å². The number of ether oxygens (including phenoxy) is 1. The molecule has 4 heteroatoms. The lowest BCUT2D eigenvalue weighted by Gasteiger charge is -2.14. The standard InChI is InChI=1S/C23H27NO3/c1-2-3-4-9-14-24-15-22(25)23(26)27-16-21-19-12-7-5-10-17(19)18-11-6-8-13-20(18)21/h5-8,10-13,21,24H,2-4,9,14-16H2,1H3. The van der Waals surface area contributed by atoms with Crippen LogP contribution in [0.5, 0.6) is 0 Å². The van der Waals surface area contributed by atoms with Crippen molar-refractivity contribution in [2.45, 2.75) is 38.5 Å². The summed E-state index contributed by atoms with van der Waals surface area (Å²) in [6.07, 6.45) is 4.54. The fourth-order valence-corrected chi connectivity index (χ4v) is 3.63. The molecular formula is C23H27NO3. The molecule has 0 fully saturated rings. The zero-order valence-corrected chi connectivity index (χ0v) is 15.9. The third-order valence-corrected chi connectivity index (χ3v) is 5.06. The maximum Gasteiger partial charge on any atom is 0.376 e. The van der Waals surface area contributed by atoms with Crippen LogP contribution in [0, 0.1) is 0 Å². The number of nitrogens with one attached hydrogen (secondary N) is 1. The largest absolute Gasteiger partial charge is 0.459 e. The lowest BCUT2D eigenvalue weighted by atomic mass is 9.98. The van der Waals surface area contributed by atoms with Gasteiger partial charge in [0.25, 0.3) is 5.78 Å². The highest BCUT2D eigenvalue weighted by atomic mass is 16.5. The average Bonchev–Trinajstić information content (AvgIpc) is 3.02. The van der Waals surface area contributed by atoms with E-state index in [4.69, 9.17) is 4.74 Å². The fraction of sp³-hybridized carbons (Fsp3) is 0.391. The van der Waals surface area contributed by atoms with E-state index in [0.717, 1.165) is 30.5 Å². The van der Waals surface area contributed by atoms with Gasteiger partial charge < -0.3 is 10.1 Å². The molecule has 0 heterocycles. The number of carbonyl (C=O) groups is 2. The molecule has 1 aliphatic carbocycles. The van der Waals surface area contributed by atoms with Gasteiger partial charge in [0, 0.05) is 5.92 Å². The van der Waals surface area contributed by atoms with E-state index in [1.54, 1.807) is 0 Å². The number of hydrogen-bond acceptors (Lipinski definition) is 4. The highest BCUT2D eigenvalue weighted by Crippen LogP contribution is 2.44. The molecule has 0 aromatic heterocycles. The van der Waals surface area contributed by atoms with Crippen molar-refractivity contribution in [2.24, 2.45) is 0 Å². The van der Waals surface area contributed by atoms with Crippen molar-refractivity contribution in [3.05, 3.63) is 59.7 Å². The van der Waals surface area contributed by atoms with Crippen LogP contribution >= 0.6 is 0 Å². The summed E-state index contributed by atoms with van der Waals surface area (Å²) in [6, 6.07) is 16.3. The number of rotatable bonds is 10. The molecule has 0 amide bonds. The molecule has 142 valence electrons. The molecule has 0 saturated heterocycles. The molecule has 0 aliphatic heterocycles. The third kappa shape index (κ3) is 4.64. The Morgan fingerprint density at radius 3 is 2.19 bits per heavy atom. The van der Waals surface area contributed by atoms with E-state index in [2.05, 4.69) is 36.5 Å². The summed E-state index contributed by atoms with van der Waals surface area (Å²) in [6.45, 7) is 3.15. The Bertz CT molecular complexity index is 754. The van der Waals surface area contributed by atoms with Crippen molar-refractivity contribution in [3.8, 4) is 11.1 Å². The van der Waals surface area contributed by atoms with Crippen LogP contribution in [0.25, 0.3) is 11.1 Å². The number of hydrogen-bond donors (Lipinski definition) is 1. The van der Waals surface area contributed by atoms with Gasteiger partial charge in [-0.15, -0.1) is 0 Å². The van der Waals surface area contributed by atoms with Crippen LogP contribution in [-0.2, 0) is 14.3 Å². The summed E-state index contributed by atoms with van der Waals surface area (Å²) in [5, 5.41) is 3.03. The zero-order chi connectivity index (χ0) is 19.1. The molecule has 2 aromatic rings. The van der Waals surface area contributed by atoms with Crippen LogP contribution in [-0.4, -0.2) is 31.4 Å². The van der Waals surface area contributed by atoms with Crippen molar-refractivity contribution in [1.82, 2.24) is 5.32 Å². The number of carbonyl (C=O) groups excluding carboxylic acids is 2. The van der Waals surface area contributed by atoms with E-state index in [0.29, 0.717) is 0 Å². The van der Waals surface area contributed by atoms with Gasteiger partial charge in [0.2, 0.25) is 0 Å². The highest BCUT2D eigenvalue weighted by Gasteiger charge is 2.29. The fourth-order valence-electron chi connectivity index (χ4n) is 3.63. The van der Waals surface area contributed by atoms with Gasteiger partial charge in [0.15, 0.2) is 0 Å². The first-order valence-corrected chi connectivity index (χ1v) is 9.81. The zero-order valence-electron chi connectivity index (χ0n) is 15.9. The minimum atomic E-state index is -0.752. The predicted octanol–water partition coefficient (Wildman–Crippen LogP) is 4.08. The SMILES string of the molecule is CCCCCCNCC(=O)C(=O)OCC1c2ccccc2-c2ccccc21. The second-order valence-corrected chi connectivity index (χ2v) is 6.99. The highest BCUT2D eigenvalue weighted by molar-refractivity contribution is 6.34. The lowest BCUT2D eigenvalue weighted by Crippen LogP contribution is -2.31. The van der Waals surface area contributed by atoms with Gasteiger partial charge in [-0.05, 0) is 35.2 Å². The molecule has 2 aromatic carbocycles. The van der Waals surface area contributed by atoms with E-state index >= 15 is 0 Å². The summed E-state index contributed by atoms with van der Waals surface area (Å²) in [5.41, 5.74) is 4.64. The Balaban J connectivity index is 1.52. The number of esters is 1. The Morgan fingerprint density at radius 1 is 0.926 bits per heavy atom. The molecule has 0 radical (unpaired) electrons. The van der Waals surface area contributed by atoms with Gasteiger partial charge in [0.1, 0.15) is 6.61 Å². The lowest BCUT2D eigenvalue weighted by molar-refractivity contribution is -0.153. The second-order valence-electron chi connectivity index (χ2n) is 6.99. The number of unbranched alkanes of at least 4 members (excludes halogenated alkanes) is 3. The molecule has 1 aliphatic rings. The molecule has 27 heavy (non-hydrogen) atoms. The van der Waals surface area contributed by atoms with Crippen LogP contribution in [0.15, 0.2) is 48.5 Å². The maximum absolute atomic E-state index is 12.1. The van der Waals surface area contributed by atoms with Crippen molar-refractivity contribution in [2.75, 3.05) is 19.7 Å². The molecule has 4 nitrogen and oxygen atoms in total. The van der Waals surface area contributed by atoms with Crippen molar-refractivity contribution in [1.29, 1.82) is 0 Å². The number of Topliss-reactive ketones (excluding diaryl/α,β-unsaturated/α-hetero) is 1. The van der Waals surface area contributed by atoms with Gasteiger partial charge in [-0.1, -0.05) is 74.7 Å². The van der Waals surface area contributed by atoms with E-state index in [9.17, 15) is 9.59 Å². The first-order valence-electron chi connectivity index (χ1n) is 9.81. The Hall–Kier alpha value is -2.46. The van der Waals surface area contributed by atoms with E-state index in [1.807, 2.05) is 24.3 Å². The van der Waals surface area contributed by atoms with E-state index in [1.165, 1.54) is 24.0 Å². The van der Waals surface area contributed by atoms with Gasteiger partial charge in [-0.3, -0.25) is 4.79 Å². The predicted molar refractivity (Wildman–Crippen MR) is 107 cm³/mol. The second kappa shape index (κ2) is 9.47. The molecule has 0 atom stereocenters. The maximum atomic E-state index is 12.1. The smallest absolute Gasteiger partial charge is 0.376 e. The first-order chi connectivity index (χ1) is 13.2. The van der Waals surface area contributed by atoms with Gasteiger partial charge >= 0.3 is 5.97 Å². The van der Waals surface area contributed by atoms with E-state index in [-0.39, 0.29) is 19.1 Å². The van der Waals surface area contributed by atoms with Gasteiger partial charge in [-0.25, -0.2) is 4.79 Å². The number of ketones is 1. The quantitative estimate of drug-likeness (QED) is 0.392. The minimum Gasteiger partial charge on any atom is -0.459 e. The first kappa shape index (κ1) is 19.3. The van der Waals surface area contributed by atoms with E-state index < -0.39 is 11.8 Å². The van der Waals surface area contributed by atoms with Gasteiger partial charge in [-0.2, -0.15) is 0 Å². The van der Waals surface area contributed by atoms with Crippen LogP contribution < -0.4 is 5.32 Å². The minimum absolute atomic E-state index is 0.0175. The molecule has 0 spiro atoms. The Labute approximate surface area is 160 Å². The molecule has 0 unspecified atom stereocenters. The van der Waals surface area contributed by atoms with Crippen molar-refractivity contribution >= 4 is 11.8 Å². The van der Waals surface area contributed by atoms with Crippen molar-refractivity contribution in [3.63, 3.8) is 0 Å². The Morgan fingerprint density at radius 2 is 1.56 bits per heavy atom. The van der Waals surface area contributed by atoms with Crippen LogP contribution in [0.3, 0.4) is 0 Å². The molecule has 3 rings (SSSR count). The van der Waals surface area contributed by atoms with Gasteiger partial charge in [0.05, 0.1) is 6.54 Å². The summed E-state index contributed by atoms with van der Waals surface area (Å²) in [5.74, 6) is -1.28. The van der Waals surface area contributed by atoms with Crippen molar-refractivity contribution < 1.29 is 14.3 Å². The number of fused-ring (bicyclic) bond motifs is 3. The average molecular weight is 365 g/mol. The monoisotopic (exact) mass is 365 g/mol. The summed E-state index contributed by atoms with van der Waals surface area (Å²) < 4.78 is 5.37. The summed E-state index contributed by atoms with van der Waals surface area (Å²) in [4.78, 5) is 24.1. The normalized spacial score (nSPS) is 12.5. The van der Waals surface area contributed by atoms with Crippen LogP contribution in [0.4, 0.5) is 0 Å². The molecular weight excluding hydrogens is 338 g/mol. The topological polar surface area (TPSA) is 55.4 Å². The third-order valence-electron chi connectivity index (χ3n) is 5.06. The summed E-state index contributed by atoms with van der Waals surface area (Å²) >= 11 is 0. The molecule has 0 bridgehead atoms. The summed E-state index contributed by atoms with van der Waals surface area (Å²) in [7, 11) is 0. The molecule has 0 saturated carbocycles.